The Morgan fingerprint density at radius 2 is 1.70 bits per heavy atom. The van der Waals surface area contributed by atoms with Crippen LogP contribution < -0.4 is 15.4 Å². The molecule has 0 aliphatic rings. The first-order valence-electron chi connectivity index (χ1n) is 6.46. The summed E-state index contributed by atoms with van der Waals surface area (Å²) in [5, 5.41) is 5.68. The second-order valence-electron chi connectivity index (χ2n) is 4.43. The molecule has 0 fully saturated rings. The van der Waals surface area contributed by atoms with E-state index in [1.54, 1.807) is 19.2 Å². The Kier molecular flexibility index (Phi) is 4.60. The van der Waals surface area contributed by atoms with Crippen LogP contribution in [0.5, 0.6) is 5.75 Å². The second-order valence-corrected chi connectivity index (χ2v) is 4.43. The normalized spacial score (nSPS) is 11.5. The molecular formula is C16H18N2O2. The van der Waals surface area contributed by atoms with Crippen molar-refractivity contribution >= 4 is 11.7 Å². The van der Waals surface area contributed by atoms with Crippen molar-refractivity contribution in [2.45, 2.75) is 13.0 Å². The largest absolute Gasteiger partial charge is 0.495 e. The Hall–Kier alpha value is -2.49. The Balaban J connectivity index is 1.99. The van der Waals surface area contributed by atoms with Gasteiger partial charge in [0.1, 0.15) is 5.75 Å². The number of hydrogen-bond donors (Lipinski definition) is 2. The van der Waals surface area contributed by atoms with E-state index in [2.05, 4.69) is 10.6 Å². The van der Waals surface area contributed by atoms with Gasteiger partial charge in [-0.25, -0.2) is 4.79 Å². The average Bonchev–Trinajstić information content (AvgIpc) is 2.48. The zero-order valence-electron chi connectivity index (χ0n) is 11.6. The van der Waals surface area contributed by atoms with E-state index in [0.29, 0.717) is 11.4 Å². The van der Waals surface area contributed by atoms with Crippen LogP contribution in [0.1, 0.15) is 18.5 Å². The van der Waals surface area contributed by atoms with Gasteiger partial charge in [0.15, 0.2) is 0 Å². The molecule has 2 aromatic rings. The minimum atomic E-state index is -0.258. The standard InChI is InChI=1S/C16H18N2O2/c1-12(13-8-4-3-5-9-13)17-16(19)18-14-10-6-7-11-15(14)20-2/h3-12H,1-2H3,(H2,17,18,19)/t12-/m0/s1. The molecule has 0 aliphatic heterocycles. The summed E-state index contributed by atoms with van der Waals surface area (Å²) in [6, 6.07) is 16.8. The fourth-order valence-corrected chi connectivity index (χ4v) is 1.93. The summed E-state index contributed by atoms with van der Waals surface area (Å²) in [5.41, 5.74) is 1.70. The molecule has 2 rings (SSSR count). The first-order valence-corrected chi connectivity index (χ1v) is 6.46. The Labute approximate surface area is 118 Å². The topological polar surface area (TPSA) is 50.4 Å². The number of ether oxygens (including phenoxy) is 1. The molecule has 20 heavy (non-hydrogen) atoms. The molecule has 104 valence electrons. The van der Waals surface area contributed by atoms with Gasteiger partial charge in [-0.15, -0.1) is 0 Å². The van der Waals surface area contributed by atoms with Crippen molar-refractivity contribution in [1.82, 2.24) is 5.32 Å². The van der Waals surface area contributed by atoms with Crippen LogP contribution in [0.4, 0.5) is 10.5 Å². The lowest BCUT2D eigenvalue weighted by molar-refractivity contribution is 0.249. The number of nitrogens with one attached hydrogen (secondary N) is 2. The van der Waals surface area contributed by atoms with Crippen LogP contribution >= 0.6 is 0 Å². The van der Waals surface area contributed by atoms with Crippen molar-refractivity contribution in [2.75, 3.05) is 12.4 Å². The number of rotatable bonds is 4. The Morgan fingerprint density at radius 3 is 2.40 bits per heavy atom. The molecule has 2 N–H and O–H groups in total. The molecule has 4 nitrogen and oxygen atoms in total. The molecule has 0 bridgehead atoms. The summed E-state index contributed by atoms with van der Waals surface area (Å²) in [7, 11) is 1.57. The molecule has 0 unspecified atom stereocenters. The highest BCUT2D eigenvalue weighted by molar-refractivity contribution is 5.91. The van der Waals surface area contributed by atoms with Gasteiger partial charge in [0.2, 0.25) is 0 Å². The second kappa shape index (κ2) is 6.61. The van der Waals surface area contributed by atoms with Gasteiger partial charge in [-0.2, -0.15) is 0 Å². The van der Waals surface area contributed by atoms with Gasteiger partial charge in [0, 0.05) is 0 Å². The molecule has 4 heteroatoms. The lowest BCUT2D eigenvalue weighted by Gasteiger charge is -2.16. The predicted octanol–water partition coefficient (Wildman–Crippen LogP) is 3.58. The summed E-state index contributed by atoms with van der Waals surface area (Å²) in [4.78, 5) is 12.0. The number of anilines is 1. The van der Waals surface area contributed by atoms with Crippen LogP contribution in [0, 0.1) is 0 Å². The lowest BCUT2D eigenvalue weighted by atomic mass is 10.1. The molecule has 0 saturated heterocycles. The third-order valence-electron chi connectivity index (χ3n) is 3.00. The Morgan fingerprint density at radius 1 is 1.05 bits per heavy atom. The van der Waals surface area contributed by atoms with E-state index in [1.807, 2.05) is 49.4 Å². The van der Waals surface area contributed by atoms with Gasteiger partial charge in [0.25, 0.3) is 0 Å². The van der Waals surface area contributed by atoms with E-state index in [4.69, 9.17) is 4.74 Å². The number of para-hydroxylation sites is 2. The molecule has 2 aromatic carbocycles. The minimum Gasteiger partial charge on any atom is -0.495 e. The molecular weight excluding hydrogens is 252 g/mol. The molecule has 0 saturated carbocycles. The molecule has 0 aromatic heterocycles. The number of benzene rings is 2. The summed E-state index contributed by atoms with van der Waals surface area (Å²) in [5.74, 6) is 0.634. The van der Waals surface area contributed by atoms with E-state index in [0.717, 1.165) is 5.56 Å². The zero-order valence-corrected chi connectivity index (χ0v) is 11.6. The fourth-order valence-electron chi connectivity index (χ4n) is 1.93. The third kappa shape index (κ3) is 3.51. The third-order valence-corrected chi connectivity index (χ3v) is 3.00. The molecule has 2 amide bonds. The van der Waals surface area contributed by atoms with Crippen molar-refractivity contribution in [1.29, 1.82) is 0 Å². The monoisotopic (exact) mass is 270 g/mol. The van der Waals surface area contributed by atoms with Crippen LogP contribution in [-0.4, -0.2) is 13.1 Å². The highest BCUT2D eigenvalue weighted by Crippen LogP contribution is 2.23. The highest BCUT2D eigenvalue weighted by atomic mass is 16.5. The van der Waals surface area contributed by atoms with Crippen molar-refractivity contribution in [3.05, 3.63) is 60.2 Å². The molecule has 0 radical (unpaired) electrons. The quantitative estimate of drug-likeness (QED) is 0.892. The van der Waals surface area contributed by atoms with Crippen LogP contribution in [0.25, 0.3) is 0 Å². The van der Waals surface area contributed by atoms with Gasteiger partial charge in [-0.05, 0) is 24.6 Å². The summed E-state index contributed by atoms with van der Waals surface area (Å²) in [6.07, 6.45) is 0. The fraction of sp³-hybridized carbons (Fsp3) is 0.188. The maximum Gasteiger partial charge on any atom is 0.319 e. The van der Waals surface area contributed by atoms with Crippen LogP contribution in [0.2, 0.25) is 0 Å². The van der Waals surface area contributed by atoms with Crippen molar-refractivity contribution < 1.29 is 9.53 Å². The summed E-state index contributed by atoms with van der Waals surface area (Å²) >= 11 is 0. The van der Waals surface area contributed by atoms with E-state index in [1.165, 1.54) is 0 Å². The number of urea groups is 1. The zero-order chi connectivity index (χ0) is 14.4. The smallest absolute Gasteiger partial charge is 0.319 e. The van der Waals surface area contributed by atoms with Crippen molar-refractivity contribution in [2.24, 2.45) is 0 Å². The number of hydrogen-bond acceptors (Lipinski definition) is 2. The number of amides is 2. The van der Waals surface area contributed by atoms with E-state index in [9.17, 15) is 4.79 Å². The van der Waals surface area contributed by atoms with Gasteiger partial charge < -0.3 is 15.4 Å². The predicted molar refractivity (Wildman–Crippen MR) is 80.0 cm³/mol. The van der Waals surface area contributed by atoms with Gasteiger partial charge in [0.05, 0.1) is 18.8 Å². The minimum absolute atomic E-state index is 0.0640. The maximum absolute atomic E-state index is 12.0. The van der Waals surface area contributed by atoms with Crippen molar-refractivity contribution in [3.8, 4) is 5.75 Å². The number of methoxy groups -OCH3 is 1. The Bertz CT molecular complexity index is 570. The number of carbonyl (C=O) groups is 1. The van der Waals surface area contributed by atoms with Gasteiger partial charge >= 0.3 is 6.03 Å². The van der Waals surface area contributed by atoms with E-state index >= 15 is 0 Å². The summed E-state index contributed by atoms with van der Waals surface area (Å²) in [6.45, 7) is 1.94. The van der Waals surface area contributed by atoms with Gasteiger partial charge in [-0.3, -0.25) is 0 Å². The SMILES string of the molecule is COc1ccccc1NC(=O)N[C@@H](C)c1ccccc1. The van der Waals surface area contributed by atoms with E-state index in [-0.39, 0.29) is 12.1 Å². The first-order chi connectivity index (χ1) is 9.70. The van der Waals surface area contributed by atoms with Crippen LogP contribution in [0.3, 0.4) is 0 Å². The van der Waals surface area contributed by atoms with Crippen molar-refractivity contribution in [3.63, 3.8) is 0 Å². The average molecular weight is 270 g/mol. The molecule has 0 aliphatic carbocycles. The lowest BCUT2D eigenvalue weighted by Crippen LogP contribution is -2.31. The molecule has 0 heterocycles. The number of carbonyl (C=O) groups excluding carboxylic acids is 1. The van der Waals surface area contributed by atoms with Gasteiger partial charge in [-0.1, -0.05) is 42.5 Å². The maximum atomic E-state index is 12.0. The molecule has 1 atom stereocenters. The van der Waals surface area contributed by atoms with E-state index < -0.39 is 0 Å². The van der Waals surface area contributed by atoms with Crippen LogP contribution in [-0.2, 0) is 0 Å². The van der Waals surface area contributed by atoms with Crippen LogP contribution in [0.15, 0.2) is 54.6 Å². The first kappa shape index (κ1) is 13.9. The highest BCUT2D eigenvalue weighted by Gasteiger charge is 2.10. The molecule has 0 spiro atoms. The summed E-state index contributed by atoms with van der Waals surface area (Å²) < 4.78 is 5.19.